The molecule has 8 heteroatoms. The molecular weight excluding hydrogens is 259 g/mol. The largest absolute Gasteiger partial charge is 0.522 e. The second kappa shape index (κ2) is 6.36. The van der Waals surface area contributed by atoms with Gasteiger partial charge in [0.2, 0.25) is 0 Å². The van der Waals surface area contributed by atoms with E-state index in [9.17, 15) is 13.2 Å². The molecule has 1 N–H and O–H groups in total. The smallest absolute Gasteiger partial charge is 0.279 e. The Morgan fingerprint density at radius 1 is 1.41 bits per heavy atom. The topological polar surface area (TPSA) is 67.3 Å². The second-order valence-corrected chi connectivity index (χ2v) is 4.15. The molecule has 0 aliphatic carbocycles. The number of pyridine rings is 1. The minimum atomic E-state index is -5.84. The van der Waals surface area contributed by atoms with Crippen LogP contribution in [0.5, 0.6) is 0 Å². The Morgan fingerprint density at radius 3 is 2.24 bits per heavy atom. The maximum Gasteiger partial charge on any atom is 0.522 e. The normalized spacial score (nSPS) is 11.3. The van der Waals surface area contributed by atoms with Crippen molar-refractivity contribution < 1.29 is 26.1 Å². The van der Waals surface area contributed by atoms with E-state index in [4.69, 9.17) is 13.0 Å². The van der Waals surface area contributed by atoms with E-state index in [2.05, 4.69) is 11.6 Å². The third kappa shape index (κ3) is 6.69. The molecule has 0 radical (unpaired) electrons. The van der Waals surface area contributed by atoms with Crippen LogP contribution in [0.1, 0.15) is 5.69 Å². The Kier molecular flexibility index (Phi) is 5.83. The first-order chi connectivity index (χ1) is 7.68. The molecule has 1 heterocycles. The summed E-state index contributed by atoms with van der Waals surface area (Å²) in [5, 5.41) is 0. The molecule has 0 aliphatic rings. The predicted octanol–water partition coefficient (Wildman–Crippen LogP) is 2.20. The molecule has 0 aromatic carbocycles. The number of hydrogen-bond acceptors (Lipinski definition) is 3. The summed E-state index contributed by atoms with van der Waals surface area (Å²) in [7, 11) is -5.84. The van der Waals surface area contributed by atoms with E-state index in [0.717, 1.165) is 12.1 Å². The molecule has 0 fully saturated rings. The summed E-state index contributed by atoms with van der Waals surface area (Å²) in [6.45, 7) is 3.62. The zero-order valence-electron chi connectivity index (χ0n) is 8.55. The molecule has 0 atom stereocenters. The van der Waals surface area contributed by atoms with Crippen molar-refractivity contribution in [1.82, 2.24) is 4.98 Å². The van der Waals surface area contributed by atoms with Gasteiger partial charge in [-0.1, -0.05) is 12.1 Å². The molecule has 96 valence electrons. The predicted molar refractivity (Wildman–Crippen MR) is 55.7 cm³/mol. The van der Waals surface area contributed by atoms with Crippen molar-refractivity contribution in [2.75, 3.05) is 0 Å². The molecule has 0 unspecified atom stereocenters. The SMILES string of the molecule is C=CCc1ccccn1.O=S(=O)(O)C(F)(F)F. The summed E-state index contributed by atoms with van der Waals surface area (Å²) in [6, 6.07) is 5.88. The van der Waals surface area contributed by atoms with Crippen molar-refractivity contribution >= 4 is 10.1 Å². The quantitative estimate of drug-likeness (QED) is 0.508. The monoisotopic (exact) mass is 269 g/mol. The molecule has 4 nitrogen and oxygen atoms in total. The lowest BCUT2D eigenvalue weighted by Crippen LogP contribution is -2.21. The Labute approximate surface area is 96.6 Å². The van der Waals surface area contributed by atoms with Gasteiger partial charge in [-0.3, -0.25) is 9.54 Å². The lowest BCUT2D eigenvalue weighted by molar-refractivity contribution is -0.0510. The molecule has 0 saturated heterocycles. The van der Waals surface area contributed by atoms with Crippen LogP contribution in [0.4, 0.5) is 13.2 Å². The van der Waals surface area contributed by atoms with Crippen molar-refractivity contribution in [1.29, 1.82) is 0 Å². The van der Waals surface area contributed by atoms with Crippen molar-refractivity contribution in [3.63, 3.8) is 0 Å². The van der Waals surface area contributed by atoms with Gasteiger partial charge < -0.3 is 0 Å². The number of halogens is 3. The lowest BCUT2D eigenvalue weighted by Gasteiger charge is -1.97. The molecule has 0 bridgehead atoms. The average molecular weight is 269 g/mol. The highest BCUT2D eigenvalue weighted by atomic mass is 32.2. The van der Waals surface area contributed by atoms with Gasteiger partial charge in [-0.25, -0.2) is 0 Å². The number of alkyl halides is 3. The van der Waals surface area contributed by atoms with Crippen molar-refractivity contribution in [2.24, 2.45) is 0 Å². The number of rotatable bonds is 2. The second-order valence-electron chi connectivity index (χ2n) is 2.73. The Morgan fingerprint density at radius 2 is 1.94 bits per heavy atom. The third-order valence-corrected chi connectivity index (χ3v) is 1.96. The van der Waals surface area contributed by atoms with Crippen molar-refractivity contribution in [3.05, 3.63) is 42.7 Å². The zero-order chi connectivity index (χ0) is 13.5. The van der Waals surface area contributed by atoms with Gasteiger partial charge in [-0.2, -0.15) is 21.6 Å². The first-order valence-corrected chi connectivity index (χ1v) is 5.67. The van der Waals surface area contributed by atoms with Crippen LogP contribution in [0.3, 0.4) is 0 Å². The highest BCUT2D eigenvalue weighted by Gasteiger charge is 2.44. The molecule has 1 aromatic rings. The van der Waals surface area contributed by atoms with Crippen LogP contribution in [0.25, 0.3) is 0 Å². The number of allylic oxidation sites excluding steroid dienone is 1. The van der Waals surface area contributed by atoms with Gasteiger partial charge in [0.05, 0.1) is 0 Å². The summed E-state index contributed by atoms with van der Waals surface area (Å²) in [5.74, 6) is 0. The summed E-state index contributed by atoms with van der Waals surface area (Å²) in [4.78, 5) is 4.10. The van der Waals surface area contributed by atoms with E-state index in [0.29, 0.717) is 0 Å². The third-order valence-electron chi connectivity index (χ3n) is 1.37. The van der Waals surface area contributed by atoms with Crippen LogP contribution in [-0.2, 0) is 16.5 Å². The fourth-order valence-corrected chi connectivity index (χ4v) is 0.667. The fourth-order valence-electron chi connectivity index (χ4n) is 0.667. The van der Waals surface area contributed by atoms with Gasteiger partial charge in [-0.05, 0) is 12.1 Å². The maximum atomic E-state index is 10.7. The van der Waals surface area contributed by atoms with Crippen LogP contribution in [0, 0.1) is 0 Å². The summed E-state index contributed by atoms with van der Waals surface area (Å²) in [5.41, 5.74) is -4.46. The number of nitrogens with zero attached hydrogens (tertiary/aromatic N) is 1. The van der Waals surface area contributed by atoms with E-state index < -0.39 is 15.6 Å². The maximum absolute atomic E-state index is 10.7. The van der Waals surface area contributed by atoms with Crippen LogP contribution in [-0.4, -0.2) is 23.5 Å². The minimum Gasteiger partial charge on any atom is -0.279 e. The van der Waals surface area contributed by atoms with E-state index >= 15 is 0 Å². The first kappa shape index (κ1) is 15.6. The standard InChI is InChI=1S/C8H9N.CHF3O3S/c1-2-5-8-6-3-4-7-9-8;2-1(3,4)8(5,6)7/h2-4,6-7H,1,5H2;(H,5,6,7). The van der Waals surface area contributed by atoms with Crippen molar-refractivity contribution in [2.45, 2.75) is 11.9 Å². The Hall–Kier alpha value is -1.41. The zero-order valence-corrected chi connectivity index (χ0v) is 9.37. The summed E-state index contributed by atoms with van der Waals surface area (Å²) < 4.78 is 57.5. The molecule has 0 saturated carbocycles. The molecule has 0 amide bonds. The molecule has 1 rings (SSSR count). The number of hydrogen-bond donors (Lipinski definition) is 1. The highest BCUT2D eigenvalue weighted by Crippen LogP contribution is 2.20. The van der Waals surface area contributed by atoms with E-state index in [1.807, 2.05) is 24.3 Å². The van der Waals surface area contributed by atoms with Gasteiger partial charge >= 0.3 is 15.6 Å². The fraction of sp³-hybridized carbons (Fsp3) is 0.222. The summed E-state index contributed by atoms with van der Waals surface area (Å²) in [6.07, 6.45) is 4.50. The minimum absolute atomic E-state index is 0.862. The molecule has 17 heavy (non-hydrogen) atoms. The molecule has 1 aromatic heterocycles. The van der Waals surface area contributed by atoms with Crippen LogP contribution in [0.15, 0.2) is 37.1 Å². The van der Waals surface area contributed by atoms with Crippen LogP contribution in [0.2, 0.25) is 0 Å². The highest BCUT2D eigenvalue weighted by molar-refractivity contribution is 7.86. The first-order valence-electron chi connectivity index (χ1n) is 4.23. The van der Waals surface area contributed by atoms with Crippen LogP contribution < -0.4 is 0 Å². The van der Waals surface area contributed by atoms with Gasteiger partial charge in [0.25, 0.3) is 0 Å². The van der Waals surface area contributed by atoms with Crippen molar-refractivity contribution in [3.8, 4) is 0 Å². The van der Waals surface area contributed by atoms with Gasteiger partial charge in [0.15, 0.2) is 0 Å². The van der Waals surface area contributed by atoms with Crippen LogP contribution >= 0.6 is 0 Å². The Bertz CT molecular complexity index is 442. The molecule has 0 spiro atoms. The van der Waals surface area contributed by atoms with Gasteiger partial charge in [-0.15, -0.1) is 6.58 Å². The van der Waals surface area contributed by atoms with E-state index in [1.165, 1.54) is 0 Å². The van der Waals surface area contributed by atoms with E-state index in [-0.39, 0.29) is 0 Å². The molecular formula is C9H10F3NO3S. The Balaban J connectivity index is 0.000000304. The lowest BCUT2D eigenvalue weighted by atomic mass is 10.3. The van der Waals surface area contributed by atoms with Gasteiger partial charge in [0, 0.05) is 18.3 Å². The van der Waals surface area contributed by atoms with E-state index in [1.54, 1.807) is 6.20 Å². The van der Waals surface area contributed by atoms with Gasteiger partial charge in [0.1, 0.15) is 0 Å². The average Bonchev–Trinajstić information content (AvgIpc) is 2.17. The number of aromatic nitrogens is 1. The summed E-state index contributed by atoms with van der Waals surface area (Å²) >= 11 is 0. The molecule has 0 aliphatic heterocycles.